The molecule has 3 aromatic rings. The molecule has 10 nitrogen and oxygen atoms in total. The number of fused-ring (bicyclic) bond motifs is 2. The Morgan fingerprint density at radius 3 is 2.03 bits per heavy atom. The summed E-state index contributed by atoms with van der Waals surface area (Å²) in [5, 5.41) is 11.2. The summed E-state index contributed by atoms with van der Waals surface area (Å²) in [4.78, 5) is 22.7. The molecule has 4 rings (SSSR count). The highest BCUT2D eigenvalue weighted by Gasteiger charge is 2.36. The van der Waals surface area contributed by atoms with E-state index in [0.29, 0.717) is 28.9 Å². The molecule has 1 aliphatic heterocycles. The zero-order valence-electron chi connectivity index (χ0n) is 18.6. The van der Waals surface area contributed by atoms with Gasteiger partial charge in [0.1, 0.15) is 27.8 Å². The van der Waals surface area contributed by atoms with Crippen LogP contribution in [0.2, 0.25) is 0 Å². The van der Waals surface area contributed by atoms with Crippen LogP contribution in [0.1, 0.15) is 0 Å². The molecule has 0 unspecified atom stereocenters. The summed E-state index contributed by atoms with van der Waals surface area (Å²) in [5.74, 6) is -1.33. The molecule has 0 fully saturated rings. The van der Waals surface area contributed by atoms with E-state index in [0.717, 1.165) is 10.4 Å². The van der Waals surface area contributed by atoms with Gasteiger partial charge < -0.3 is 24.6 Å². The number of nitrogens with one attached hydrogen (secondary N) is 1. The molecule has 180 valence electrons. The van der Waals surface area contributed by atoms with Crippen LogP contribution in [-0.2, 0) is 19.6 Å². The monoisotopic (exact) mass is 496 g/mol. The number of benzene rings is 3. The Balaban J connectivity index is 1.88. The maximum absolute atomic E-state index is 14.1. The highest BCUT2D eigenvalue weighted by atomic mass is 32.2. The summed E-state index contributed by atoms with van der Waals surface area (Å²) < 4.78 is 45.8. The first kappa shape index (κ1) is 23.6. The van der Waals surface area contributed by atoms with Crippen molar-refractivity contribution in [1.82, 2.24) is 0 Å². The second-order valence-electron chi connectivity index (χ2n) is 7.17. The first-order valence-corrected chi connectivity index (χ1v) is 11.6. The first-order chi connectivity index (χ1) is 16.8. The smallest absolute Gasteiger partial charge is 0.328 e. The molecular weight excluding hydrogens is 476 g/mol. The van der Waals surface area contributed by atoms with Crippen LogP contribution in [0.15, 0.2) is 77.7 Å². The maximum Gasteiger partial charge on any atom is 0.328 e. The van der Waals surface area contributed by atoms with Gasteiger partial charge in [-0.3, -0.25) is 4.79 Å². The number of carbonyl (C=O) groups is 2. The van der Waals surface area contributed by atoms with Gasteiger partial charge in [0.25, 0.3) is 10.0 Å². The Hall–Kier alpha value is -4.51. The number of rotatable bonds is 7. The normalized spacial score (nSPS) is 12.3. The van der Waals surface area contributed by atoms with Crippen LogP contribution in [0.5, 0.6) is 23.0 Å². The van der Waals surface area contributed by atoms with E-state index in [1.807, 2.05) is 0 Å². The van der Waals surface area contributed by atoms with E-state index in [1.54, 1.807) is 48.5 Å². The van der Waals surface area contributed by atoms with E-state index in [1.165, 1.54) is 26.4 Å². The minimum Gasteiger partial charge on any atom is -0.495 e. The average Bonchev–Trinajstić information content (AvgIpc) is 2.85. The summed E-state index contributed by atoms with van der Waals surface area (Å²) in [6, 6.07) is 15.9. The van der Waals surface area contributed by atoms with Gasteiger partial charge >= 0.3 is 5.97 Å². The number of para-hydroxylation sites is 4. The van der Waals surface area contributed by atoms with Crippen LogP contribution in [-0.4, -0.2) is 39.6 Å². The topological polar surface area (TPSA) is 131 Å². The highest BCUT2D eigenvalue weighted by molar-refractivity contribution is 7.93. The fourth-order valence-corrected chi connectivity index (χ4v) is 5.20. The van der Waals surface area contributed by atoms with Gasteiger partial charge in [-0.05, 0) is 30.3 Å². The first-order valence-electron chi connectivity index (χ1n) is 10.2. The van der Waals surface area contributed by atoms with Crippen LogP contribution in [0, 0.1) is 0 Å². The van der Waals surface area contributed by atoms with Crippen LogP contribution >= 0.6 is 0 Å². The van der Waals surface area contributed by atoms with Crippen molar-refractivity contribution < 1.29 is 37.3 Å². The van der Waals surface area contributed by atoms with Crippen molar-refractivity contribution in [3.63, 3.8) is 0 Å². The van der Waals surface area contributed by atoms with Crippen molar-refractivity contribution in [2.24, 2.45) is 0 Å². The van der Waals surface area contributed by atoms with Gasteiger partial charge in [-0.25, -0.2) is 17.5 Å². The molecule has 0 aliphatic carbocycles. The third-order valence-corrected chi connectivity index (χ3v) is 6.78. The van der Waals surface area contributed by atoms with E-state index in [2.05, 4.69) is 5.32 Å². The van der Waals surface area contributed by atoms with Gasteiger partial charge in [-0.1, -0.05) is 24.3 Å². The van der Waals surface area contributed by atoms with Crippen LogP contribution in [0.25, 0.3) is 0 Å². The maximum atomic E-state index is 14.1. The van der Waals surface area contributed by atoms with Gasteiger partial charge in [0, 0.05) is 18.2 Å². The summed E-state index contributed by atoms with van der Waals surface area (Å²) in [7, 11) is -1.69. The number of hydrogen-bond acceptors (Lipinski definition) is 7. The lowest BCUT2D eigenvalue weighted by Crippen LogP contribution is -2.29. The molecule has 11 heteroatoms. The van der Waals surface area contributed by atoms with E-state index < -0.39 is 21.9 Å². The van der Waals surface area contributed by atoms with E-state index >= 15 is 0 Å². The molecule has 0 spiro atoms. The molecule has 3 aromatic carbocycles. The third-order valence-electron chi connectivity index (χ3n) is 5.03. The highest BCUT2D eigenvalue weighted by Crippen LogP contribution is 2.50. The van der Waals surface area contributed by atoms with Crippen molar-refractivity contribution >= 4 is 39.0 Å². The summed E-state index contributed by atoms with van der Waals surface area (Å²) in [6.07, 6.45) is 1.46. The number of nitrogens with zero attached hydrogens (tertiary/aromatic N) is 1. The minimum absolute atomic E-state index is 0.00161. The Morgan fingerprint density at radius 1 is 0.914 bits per heavy atom. The van der Waals surface area contributed by atoms with Crippen molar-refractivity contribution in [2.75, 3.05) is 23.8 Å². The number of ether oxygens (including phenoxy) is 3. The standard InChI is InChI=1S/C24H20N2O8S/c1-32-20-14-21(33-2)22(13-15(20)25-23(27)11-12-24(28)29)35(30,31)26-16-7-3-5-9-18(16)34-19-10-6-4-8-17(19)26/h3-14H,1-2H3,(H,25,27)(H,28,29)/b12-11+. The second kappa shape index (κ2) is 9.39. The Kier molecular flexibility index (Phi) is 6.34. The molecule has 0 saturated carbocycles. The summed E-state index contributed by atoms with van der Waals surface area (Å²) in [6.45, 7) is 0. The molecule has 1 heterocycles. The predicted molar refractivity (Wildman–Crippen MR) is 127 cm³/mol. The van der Waals surface area contributed by atoms with Gasteiger partial charge in [0.05, 0.1) is 19.9 Å². The molecule has 0 radical (unpaired) electrons. The minimum atomic E-state index is -4.33. The lowest BCUT2D eigenvalue weighted by Gasteiger charge is -2.32. The number of carbonyl (C=O) groups excluding carboxylic acids is 1. The van der Waals surface area contributed by atoms with Gasteiger partial charge in [0.2, 0.25) is 5.91 Å². The summed E-state index contributed by atoms with van der Waals surface area (Å²) >= 11 is 0. The molecular formula is C24H20N2O8S. The van der Waals surface area contributed by atoms with Crippen molar-refractivity contribution in [3.05, 3.63) is 72.8 Å². The molecule has 2 N–H and O–H groups in total. The van der Waals surface area contributed by atoms with Crippen LogP contribution in [0.4, 0.5) is 17.1 Å². The van der Waals surface area contributed by atoms with E-state index in [4.69, 9.17) is 19.3 Å². The number of aliphatic carboxylic acids is 1. The number of sulfonamides is 1. The Labute approximate surface area is 201 Å². The molecule has 1 aliphatic rings. The van der Waals surface area contributed by atoms with E-state index in [-0.39, 0.29) is 22.1 Å². The average molecular weight is 496 g/mol. The number of carboxylic acid groups (broad SMARTS) is 1. The number of anilines is 3. The molecule has 35 heavy (non-hydrogen) atoms. The van der Waals surface area contributed by atoms with Gasteiger partial charge in [-0.15, -0.1) is 0 Å². The Morgan fingerprint density at radius 2 is 1.49 bits per heavy atom. The number of hydrogen-bond donors (Lipinski definition) is 2. The lowest BCUT2D eigenvalue weighted by atomic mass is 10.2. The largest absolute Gasteiger partial charge is 0.495 e. The van der Waals surface area contributed by atoms with Gasteiger partial charge in [-0.2, -0.15) is 0 Å². The fraction of sp³-hybridized carbons (Fsp3) is 0.0833. The second-order valence-corrected chi connectivity index (χ2v) is 8.93. The molecule has 0 aromatic heterocycles. The Bertz CT molecular complexity index is 1400. The van der Waals surface area contributed by atoms with Crippen molar-refractivity contribution in [2.45, 2.75) is 4.90 Å². The third kappa shape index (κ3) is 4.49. The molecule has 1 amide bonds. The van der Waals surface area contributed by atoms with Crippen LogP contribution < -0.4 is 23.8 Å². The molecule has 0 saturated heterocycles. The molecule has 0 atom stereocenters. The zero-order valence-corrected chi connectivity index (χ0v) is 19.4. The number of carboxylic acids is 1. The zero-order chi connectivity index (χ0) is 25.2. The van der Waals surface area contributed by atoms with Crippen molar-refractivity contribution in [1.29, 1.82) is 0 Å². The number of methoxy groups -OCH3 is 2. The predicted octanol–water partition coefficient (Wildman–Crippen LogP) is 3.92. The summed E-state index contributed by atoms with van der Waals surface area (Å²) in [5.41, 5.74) is 0.583. The quantitative estimate of drug-likeness (QED) is 0.471. The van der Waals surface area contributed by atoms with E-state index in [9.17, 15) is 18.0 Å². The SMILES string of the molecule is COc1cc(OC)c(S(=O)(=O)N2c3ccccc3Oc3ccccc32)cc1NC(=O)/C=C/C(=O)O. The van der Waals surface area contributed by atoms with Crippen molar-refractivity contribution in [3.8, 4) is 23.0 Å². The van der Waals surface area contributed by atoms with Crippen LogP contribution in [0.3, 0.4) is 0 Å². The number of amides is 1. The lowest BCUT2D eigenvalue weighted by molar-refractivity contribution is -0.131. The molecule has 0 bridgehead atoms. The fourth-order valence-electron chi connectivity index (χ4n) is 3.52. The van der Waals surface area contributed by atoms with Gasteiger partial charge in [0.15, 0.2) is 11.5 Å².